The average Bonchev–Trinajstić information content (AvgIpc) is 2.51. The van der Waals surface area contributed by atoms with Gasteiger partial charge < -0.3 is 0 Å². The molecule has 0 spiro atoms. The molecule has 1 aromatic rings. The van der Waals surface area contributed by atoms with Crippen molar-refractivity contribution < 1.29 is 8.42 Å². The second-order valence-corrected chi connectivity index (χ2v) is 6.77. The fourth-order valence-electron chi connectivity index (χ4n) is 1.36. The highest BCUT2D eigenvalue weighted by molar-refractivity contribution is 7.91. The minimum atomic E-state index is -3.40. The van der Waals surface area contributed by atoms with Crippen molar-refractivity contribution in [2.24, 2.45) is 9.81 Å². The molecule has 1 aromatic heterocycles. The summed E-state index contributed by atoms with van der Waals surface area (Å²) >= 11 is 1.44. The van der Waals surface area contributed by atoms with Crippen LogP contribution in [0.2, 0.25) is 0 Å². The standard InChI is InChI=1S/C9H11NO2S2/c1-9(2,3)8-7-6(4-5-13-7)14(11,12)10-8/h4-5H,1-3H3. The van der Waals surface area contributed by atoms with Crippen molar-refractivity contribution in [3.05, 3.63) is 16.3 Å². The largest absolute Gasteiger partial charge is 0.284 e. The van der Waals surface area contributed by atoms with Crippen molar-refractivity contribution in [2.45, 2.75) is 25.7 Å². The lowest BCUT2D eigenvalue weighted by atomic mass is 9.89. The van der Waals surface area contributed by atoms with Crippen molar-refractivity contribution >= 4 is 27.1 Å². The third kappa shape index (κ3) is 1.31. The van der Waals surface area contributed by atoms with E-state index in [1.54, 1.807) is 11.4 Å². The molecular weight excluding hydrogens is 218 g/mol. The van der Waals surface area contributed by atoms with Gasteiger partial charge in [-0.05, 0) is 11.4 Å². The van der Waals surface area contributed by atoms with Crippen LogP contribution in [0.15, 0.2) is 20.7 Å². The zero-order chi connectivity index (χ0) is 10.6. The summed E-state index contributed by atoms with van der Waals surface area (Å²) in [6.07, 6.45) is 0. The first-order valence-corrected chi connectivity index (χ1v) is 6.58. The molecule has 0 aromatic carbocycles. The summed E-state index contributed by atoms with van der Waals surface area (Å²) in [5.74, 6) is 0. The number of thiophene rings is 1. The molecule has 14 heavy (non-hydrogen) atoms. The molecule has 1 aliphatic rings. The molecule has 0 atom stereocenters. The number of nitrogens with zero attached hydrogens (tertiary/aromatic N) is 1. The van der Waals surface area contributed by atoms with Crippen molar-refractivity contribution in [1.82, 2.24) is 0 Å². The average molecular weight is 229 g/mol. The Kier molecular flexibility index (Phi) is 1.88. The predicted molar refractivity (Wildman–Crippen MR) is 57.5 cm³/mol. The van der Waals surface area contributed by atoms with E-state index in [0.717, 1.165) is 4.88 Å². The van der Waals surface area contributed by atoms with E-state index in [4.69, 9.17) is 0 Å². The minimum Gasteiger partial charge on any atom is -0.199 e. The molecule has 0 unspecified atom stereocenters. The molecule has 0 radical (unpaired) electrons. The lowest BCUT2D eigenvalue weighted by molar-refractivity contribution is 0.589. The van der Waals surface area contributed by atoms with Crippen LogP contribution in [-0.2, 0) is 10.0 Å². The van der Waals surface area contributed by atoms with E-state index >= 15 is 0 Å². The van der Waals surface area contributed by atoms with Gasteiger partial charge in [0, 0.05) is 5.41 Å². The van der Waals surface area contributed by atoms with Gasteiger partial charge in [-0.2, -0.15) is 12.8 Å². The van der Waals surface area contributed by atoms with Crippen LogP contribution in [0.5, 0.6) is 0 Å². The second kappa shape index (κ2) is 2.67. The third-order valence-electron chi connectivity index (χ3n) is 2.04. The Morgan fingerprint density at radius 3 is 2.57 bits per heavy atom. The Morgan fingerprint density at radius 1 is 1.36 bits per heavy atom. The Bertz CT molecular complexity index is 503. The van der Waals surface area contributed by atoms with Gasteiger partial charge in [0.05, 0.1) is 10.6 Å². The van der Waals surface area contributed by atoms with Crippen LogP contribution in [0, 0.1) is 5.41 Å². The molecule has 0 aliphatic carbocycles. The van der Waals surface area contributed by atoms with Crippen LogP contribution in [0.4, 0.5) is 0 Å². The number of sulfonamides is 1. The lowest BCUT2D eigenvalue weighted by Crippen LogP contribution is -2.18. The monoisotopic (exact) mass is 229 g/mol. The molecule has 76 valence electrons. The molecule has 3 nitrogen and oxygen atoms in total. The van der Waals surface area contributed by atoms with Gasteiger partial charge in [0.1, 0.15) is 4.90 Å². The Labute approximate surface area is 87.5 Å². The summed E-state index contributed by atoms with van der Waals surface area (Å²) < 4.78 is 27.0. The number of hydrogen-bond donors (Lipinski definition) is 0. The Balaban J connectivity index is 2.72. The third-order valence-corrected chi connectivity index (χ3v) is 4.41. The number of hydrogen-bond acceptors (Lipinski definition) is 3. The summed E-state index contributed by atoms with van der Waals surface area (Å²) in [5, 5.41) is 1.79. The summed E-state index contributed by atoms with van der Waals surface area (Å²) in [5.41, 5.74) is 0.464. The van der Waals surface area contributed by atoms with Crippen LogP contribution in [0.25, 0.3) is 0 Å². The van der Waals surface area contributed by atoms with E-state index in [0.29, 0.717) is 10.6 Å². The highest BCUT2D eigenvalue weighted by Gasteiger charge is 2.35. The first kappa shape index (κ1) is 9.86. The molecule has 0 N–H and O–H groups in total. The first-order valence-electron chi connectivity index (χ1n) is 4.26. The van der Waals surface area contributed by atoms with E-state index in [1.807, 2.05) is 20.8 Å². The summed E-state index contributed by atoms with van der Waals surface area (Å²) in [6.45, 7) is 5.91. The van der Waals surface area contributed by atoms with Crippen LogP contribution < -0.4 is 0 Å². The maximum absolute atomic E-state index is 11.6. The molecule has 0 saturated carbocycles. The molecule has 0 amide bonds. The number of rotatable bonds is 0. The zero-order valence-corrected chi connectivity index (χ0v) is 9.87. The van der Waals surface area contributed by atoms with Gasteiger partial charge >= 0.3 is 0 Å². The van der Waals surface area contributed by atoms with Crippen molar-refractivity contribution in [3.63, 3.8) is 0 Å². The van der Waals surface area contributed by atoms with Gasteiger partial charge in [0.2, 0.25) is 0 Å². The van der Waals surface area contributed by atoms with Crippen LogP contribution >= 0.6 is 11.3 Å². The van der Waals surface area contributed by atoms with Crippen molar-refractivity contribution in [2.75, 3.05) is 0 Å². The summed E-state index contributed by atoms with van der Waals surface area (Å²) in [7, 11) is -3.40. The molecular formula is C9H11NO2S2. The van der Waals surface area contributed by atoms with Gasteiger partial charge in [0.25, 0.3) is 10.0 Å². The SMILES string of the molecule is CC(C)(C)C1=NS(=O)(=O)c2ccsc21. The lowest BCUT2D eigenvalue weighted by Gasteiger charge is -2.16. The highest BCUT2D eigenvalue weighted by atomic mass is 32.2. The van der Waals surface area contributed by atoms with Crippen LogP contribution in [0.1, 0.15) is 25.6 Å². The molecule has 5 heteroatoms. The Hall–Kier alpha value is -0.680. The van der Waals surface area contributed by atoms with Gasteiger partial charge in [0.15, 0.2) is 0 Å². The topological polar surface area (TPSA) is 46.5 Å². The molecule has 0 saturated heterocycles. The zero-order valence-electron chi connectivity index (χ0n) is 8.23. The smallest absolute Gasteiger partial charge is 0.199 e. The van der Waals surface area contributed by atoms with E-state index in [1.165, 1.54) is 11.3 Å². The summed E-state index contributed by atoms with van der Waals surface area (Å²) in [4.78, 5) is 1.17. The second-order valence-electron chi connectivity index (χ2n) is 4.28. The van der Waals surface area contributed by atoms with E-state index in [9.17, 15) is 8.42 Å². The van der Waals surface area contributed by atoms with Crippen molar-refractivity contribution in [3.8, 4) is 0 Å². The maximum atomic E-state index is 11.6. The Morgan fingerprint density at radius 2 is 2.00 bits per heavy atom. The molecule has 2 rings (SSSR count). The van der Waals surface area contributed by atoms with Crippen LogP contribution in [-0.4, -0.2) is 14.1 Å². The molecule has 2 heterocycles. The fourth-order valence-corrected chi connectivity index (χ4v) is 4.23. The summed E-state index contributed by atoms with van der Waals surface area (Å²) in [6, 6.07) is 1.62. The van der Waals surface area contributed by atoms with Gasteiger partial charge in [-0.25, -0.2) is 0 Å². The minimum absolute atomic E-state index is 0.219. The molecule has 0 fully saturated rings. The van der Waals surface area contributed by atoms with E-state index < -0.39 is 10.0 Å². The maximum Gasteiger partial charge on any atom is 0.284 e. The predicted octanol–water partition coefficient (Wildman–Crippen LogP) is 2.29. The number of fused-ring (bicyclic) bond motifs is 1. The first-order chi connectivity index (χ1) is 6.32. The van der Waals surface area contributed by atoms with Gasteiger partial charge in [-0.1, -0.05) is 20.8 Å². The van der Waals surface area contributed by atoms with E-state index in [-0.39, 0.29) is 5.41 Å². The fraction of sp³-hybridized carbons (Fsp3) is 0.444. The van der Waals surface area contributed by atoms with Crippen molar-refractivity contribution in [1.29, 1.82) is 0 Å². The van der Waals surface area contributed by atoms with E-state index in [2.05, 4.69) is 4.40 Å². The quantitative estimate of drug-likeness (QED) is 0.685. The molecule has 0 bridgehead atoms. The highest BCUT2D eigenvalue weighted by Crippen LogP contribution is 2.37. The normalized spacial score (nSPS) is 19.2. The van der Waals surface area contributed by atoms with Crippen LogP contribution in [0.3, 0.4) is 0 Å². The van der Waals surface area contributed by atoms with Gasteiger partial charge in [-0.15, -0.1) is 11.3 Å². The molecule has 1 aliphatic heterocycles. The van der Waals surface area contributed by atoms with Gasteiger partial charge in [-0.3, -0.25) is 0 Å².